The van der Waals surface area contributed by atoms with Crippen LogP contribution in [0.5, 0.6) is 0 Å². The van der Waals surface area contributed by atoms with E-state index in [9.17, 15) is 0 Å². The molecule has 0 aromatic carbocycles. The summed E-state index contributed by atoms with van der Waals surface area (Å²) in [6.45, 7) is 9.31. The summed E-state index contributed by atoms with van der Waals surface area (Å²) >= 11 is 15.7. The lowest BCUT2D eigenvalue weighted by molar-refractivity contribution is 0.791. The summed E-state index contributed by atoms with van der Waals surface area (Å²) in [6, 6.07) is 0. The van der Waals surface area contributed by atoms with Crippen molar-refractivity contribution in [2.45, 2.75) is 51.6 Å². The second-order valence-corrected chi connectivity index (χ2v) is 46.1. The second kappa shape index (κ2) is 6.33. The largest absolute Gasteiger partial charge is 0.267 e. The Bertz CT molecular complexity index is 171. The fourth-order valence-corrected chi connectivity index (χ4v) is 32.5. The number of halogens is 4. The van der Waals surface area contributed by atoms with Gasteiger partial charge in [0.15, 0.2) is 6.21 Å². The lowest BCUT2D eigenvalue weighted by atomic mass is 10.4. The molecule has 2 atom stereocenters. The predicted octanol–water partition coefficient (Wildman–Crippen LogP) is 6.13. The molecule has 0 bridgehead atoms. The van der Waals surface area contributed by atoms with E-state index < -0.39 is 9.66 Å². The second-order valence-electron chi connectivity index (χ2n) is 3.88. The molecular formula is C8H18Br4Si2. The van der Waals surface area contributed by atoms with E-state index in [1.54, 1.807) is 0 Å². The molecule has 0 aromatic rings. The summed E-state index contributed by atoms with van der Waals surface area (Å²) < 4.78 is -1.59. The van der Waals surface area contributed by atoms with Gasteiger partial charge in [0.1, 0.15) is 0 Å². The van der Waals surface area contributed by atoms with E-state index in [4.69, 9.17) is 0 Å². The third-order valence-corrected chi connectivity index (χ3v) is 55.3. The Kier molecular flexibility index (Phi) is 7.39. The van der Waals surface area contributed by atoms with Gasteiger partial charge in [-0.25, -0.2) is 0 Å². The highest BCUT2D eigenvalue weighted by Crippen LogP contribution is 2.54. The molecule has 0 heterocycles. The molecule has 86 valence electrons. The standard InChI is InChI=1S/C8H18Br4Si2/c1-5-7(3)13(9,8(4)6-2)14(10,11)12/h7-8H,5-6H2,1-4H3. The summed E-state index contributed by atoms with van der Waals surface area (Å²) in [7, 11) is 0. The van der Waals surface area contributed by atoms with Gasteiger partial charge in [0.05, 0.1) is 0 Å². The van der Waals surface area contributed by atoms with Gasteiger partial charge in [0.2, 0.25) is 0 Å². The molecule has 2 unspecified atom stereocenters. The Labute approximate surface area is 121 Å². The maximum atomic E-state index is 4.12. The number of hydrogen-bond acceptors (Lipinski definition) is 0. The van der Waals surface area contributed by atoms with E-state index in [-0.39, 0.29) is 0 Å². The Hall–Kier alpha value is 2.35. The molecule has 0 radical (unpaired) electrons. The molecule has 14 heavy (non-hydrogen) atoms. The Balaban J connectivity index is 5.05. The first-order valence-electron chi connectivity index (χ1n) is 4.97. The summed E-state index contributed by atoms with van der Waals surface area (Å²) in [4.78, 5) is 0. The van der Waals surface area contributed by atoms with Crippen LogP contribution < -0.4 is 0 Å². The van der Waals surface area contributed by atoms with E-state index >= 15 is 0 Å². The van der Waals surface area contributed by atoms with Gasteiger partial charge in [0, 0.05) is 0 Å². The smallest absolute Gasteiger partial charge is 0.126 e. The first-order chi connectivity index (χ1) is 6.21. The fraction of sp³-hybridized carbons (Fsp3) is 1.00. The minimum atomic E-state index is -1.59. The first-order valence-corrected chi connectivity index (χ1v) is 19.2. The topological polar surface area (TPSA) is 0 Å². The molecule has 0 saturated heterocycles. The van der Waals surface area contributed by atoms with Crippen LogP contribution in [0.2, 0.25) is 11.1 Å². The Morgan fingerprint density at radius 3 is 1.29 bits per heavy atom. The Morgan fingerprint density at radius 1 is 0.857 bits per heavy atom. The van der Waals surface area contributed by atoms with E-state index in [1.165, 1.54) is 12.8 Å². The maximum absolute atomic E-state index is 4.12. The van der Waals surface area contributed by atoms with Gasteiger partial charge in [-0.3, -0.25) is 0 Å². The van der Waals surface area contributed by atoms with Crippen LogP contribution in [0, 0.1) is 0 Å². The minimum Gasteiger partial charge on any atom is -0.126 e. The third kappa shape index (κ3) is 3.42. The van der Waals surface area contributed by atoms with Gasteiger partial charge >= 0.3 is 0 Å². The first kappa shape index (κ1) is 16.4. The number of hydrogen-bond donors (Lipinski definition) is 0. The van der Waals surface area contributed by atoms with Crippen LogP contribution in [-0.4, -0.2) is 9.66 Å². The van der Waals surface area contributed by atoms with Crippen molar-refractivity contribution in [2.24, 2.45) is 0 Å². The van der Waals surface area contributed by atoms with Crippen molar-refractivity contribution < 1.29 is 0 Å². The average molecular weight is 490 g/mol. The molecule has 0 nitrogen and oxygen atoms in total. The van der Waals surface area contributed by atoms with Crippen molar-refractivity contribution in [1.29, 1.82) is 0 Å². The van der Waals surface area contributed by atoms with Crippen molar-refractivity contribution in [3.05, 3.63) is 0 Å². The molecule has 0 amide bonds. The van der Waals surface area contributed by atoms with E-state index in [0.717, 1.165) is 11.1 Å². The van der Waals surface area contributed by atoms with Gasteiger partial charge in [0.25, 0.3) is 3.45 Å². The highest BCUT2D eigenvalue weighted by molar-refractivity contribution is 9.76. The monoisotopic (exact) mass is 486 g/mol. The molecule has 0 N–H and O–H groups in total. The van der Waals surface area contributed by atoms with Crippen molar-refractivity contribution in [3.63, 3.8) is 0 Å². The van der Waals surface area contributed by atoms with Crippen LogP contribution in [-0.2, 0) is 0 Å². The quantitative estimate of drug-likeness (QED) is 0.322. The molecule has 0 aliphatic rings. The van der Waals surface area contributed by atoms with Crippen LogP contribution >= 0.6 is 61.2 Å². The van der Waals surface area contributed by atoms with Crippen LogP contribution in [0.1, 0.15) is 40.5 Å². The molecule has 0 aliphatic carbocycles. The Morgan fingerprint density at radius 2 is 1.14 bits per heavy atom. The fourth-order valence-electron chi connectivity index (χ4n) is 1.64. The van der Waals surface area contributed by atoms with Crippen LogP contribution in [0.3, 0.4) is 0 Å². The molecular weight excluding hydrogens is 472 g/mol. The molecule has 0 saturated carbocycles. The lowest BCUT2D eigenvalue weighted by Crippen LogP contribution is -2.52. The van der Waals surface area contributed by atoms with Gasteiger partial charge in [-0.05, 0) is 11.1 Å². The summed E-state index contributed by atoms with van der Waals surface area (Å²) in [6.07, 6.45) is 1.04. The van der Waals surface area contributed by atoms with E-state index in [2.05, 4.69) is 88.9 Å². The van der Waals surface area contributed by atoms with Crippen LogP contribution in [0.25, 0.3) is 0 Å². The maximum Gasteiger partial charge on any atom is 0.267 e. The third-order valence-electron chi connectivity index (χ3n) is 3.09. The zero-order valence-corrected chi connectivity index (χ0v) is 17.4. The van der Waals surface area contributed by atoms with Gasteiger partial charge in [-0.2, -0.15) is 0 Å². The van der Waals surface area contributed by atoms with Crippen LogP contribution in [0.15, 0.2) is 0 Å². The molecule has 6 heteroatoms. The van der Waals surface area contributed by atoms with E-state index in [1.807, 2.05) is 0 Å². The van der Waals surface area contributed by atoms with Crippen molar-refractivity contribution in [2.75, 3.05) is 0 Å². The average Bonchev–Trinajstić information content (AvgIpc) is 2.12. The predicted molar refractivity (Wildman–Crippen MR) is 86.6 cm³/mol. The normalized spacial score (nSPS) is 21.4. The highest BCUT2D eigenvalue weighted by Gasteiger charge is 2.56. The summed E-state index contributed by atoms with van der Waals surface area (Å²) in [5.41, 5.74) is 1.56. The van der Waals surface area contributed by atoms with Gasteiger partial charge < -0.3 is 0 Å². The minimum absolute atomic E-state index is 0.780. The van der Waals surface area contributed by atoms with Crippen molar-refractivity contribution in [3.8, 4) is 0 Å². The van der Waals surface area contributed by atoms with Gasteiger partial charge in [-0.1, -0.05) is 86.4 Å². The van der Waals surface area contributed by atoms with Gasteiger partial charge in [-0.15, -0.1) is 15.3 Å². The number of rotatable bonds is 5. The molecule has 0 rings (SSSR count). The highest BCUT2D eigenvalue weighted by atomic mass is 80.0. The summed E-state index contributed by atoms with van der Waals surface area (Å²) in [5.74, 6) is 0. The zero-order chi connectivity index (χ0) is 11.6. The SMILES string of the molecule is CCC(C)[Si](Br)(C(C)CC)[Si](Br)(Br)Br. The van der Waals surface area contributed by atoms with E-state index in [0.29, 0.717) is 0 Å². The van der Waals surface area contributed by atoms with Crippen molar-refractivity contribution in [1.82, 2.24) is 0 Å². The molecule has 0 aliphatic heterocycles. The van der Waals surface area contributed by atoms with Crippen LogP contribution in [0.4, 0.5) is 0 Å². The molecule has 0 spiro atoms. The molecule has 0 aromatic heterocycles. The lowest BCUT2D eigenvalue weighted by Gasteiger charge is -2.41. The van der Waals surface area contributed by atoms with Crippen molar-refractivity contribution >= 4 is 70.8 Å². The zero-order valence-electron chi connectivity index (χ0n) is 9.08. The summed E-state index contributed by atoms with van der Waals surface area (Å²) in [5, 5.41) is 0. The molecule has 0 fully saturated rings.